The van der Waals surface area contributed by atoms with Gasteiger partial charge in [0.05, 0.1) is 5.69 Å². The molecule has 2 aliphatic heterocycles. The van der Waals surface area contributed by atoms with Gasteiger partial charge in [-0.2, -0.15) is 0 Å². The second-order valence-electron chi connectivity index (χ2n) is 10.3. The van der Waals surface area contributed by atoms with Gasteiger partial charge in [-0.1, -0.05) is 5.16 Å². The Labute approximate surface area is 233 Å². The van der Waals surface area contributed by atoms with Crippen LogP contribution in [0.25, 0.3) is 11.0 Å². The second kappa shape index (κ2) is 12.9. The Bertz CT molecular complexity index is 1450. The molecule has 3 aromatic rings. The van der Waals surface area contributed by atoms with E-state index in [-0.39, 0.29) is 11.4 Å². The van der Waals surface area contributed by atoms with Crippen LogP contribution in [0.1, 0.15) is 60.5 Å². The Hall–Kier alpha value is -3.72. The molecule has 0 radical (unpaired) electrons. The lowest BCUT2D eigenvalue weighted by Gasteiger charge is -2.31. The maximum absolute atomic E-state index is 13.4. The first-order valence-electron chi connectivity index (χ1n) is 13.3. The number of carbonyl (C=O) groups is 2. The molecule has 0 amide bonds. The summed E-state index contributed by atoms with van der Waals surface area (Å²) in [5, 5.41) is 47.8. The minimum Gasteiger partial charge on any atom is -0.479 e. The van der Waals surface area contributed by atoms with Crippen LogP contribution in [0.5, 0.6) is 0 Å². The molecule has 5 rings (SSSR count). The number of aliphatic hydroxyl groups excluding tert-OH is 3. The summed E-state index contributed by atoms with van der Waals surface area (Å²) in [7, 11) is 0. The average Bonchev–Trinajstić information content (AvgIpc) is 3.36. The number of fused-ring (bicyclic) bond motifs is 2. The van der Waals surface area contributed by atoms with E-state index in [2.05, 4.69) is 15.0 Å². The Morgan fingerprint density at radius 2 is 1.76 bits per heavy atom. The number of aryl methyl sites for hydroxylation is 1. The molecular formula is C27H33FN4O9. The average molecular weight is 577 g/mol. The van der Waals surface area contributed by atoms with Gasteiger partial charge in [0.15, 0.2) is 17.8 Å². The van der Waals surface area contributed by atoms with Crippen LogP contribution in [0.15, 0.2) is 27.5 Å². The van der Waals surface area contributed by atoms with Gasteiger partial charge in [0.25, 0.3) is 5.56 Å². The molecule has 1 saturated heterocycles. The number of hydrogen-bond donors (Lipinski definition) is 5. The standard InChI is InChI=1S/C23H27FN4O3.C4H6O6/c1-14-17(23(30)28-9-2-3-19(29)22(28)25-14)8-12-27-10-6-15(7-11-27)21-18-5-4-16(24)13-20(18)31-26-21;5-1(3(7)8)2(6)4(9)10/h4-5,13,15,19,29H,2-3,6-12H2,1H3;1-2,5-6H,(H,7,8)(H,9,10)/t19-;/m1./s1. The molecule has 0 spiro atoms. The number of carboxylic acid groups (broad SMARTS) is 2. The molecule has 222 valence electrons. The highest BCUT2D eigenvalue weighted by atomic mass is 19.1. The first kappa shape index (κ1) is 30.2. The fourth-order valence-electron chi connectivity index (χ4n) is 5.25. The van der Waals surface area contributed by atoms with Gasteiger partial charge >= 0.3 is 11.9 Å². The third-order valence-corrected chi connectivity index (χ3v) is 7.58. The van der Waals surface area contributed by atoms with E-state index in [4.69, 9.17) is 24.9 Å². The highest BCUT2D eigenvalue weighted by Gasteiger charge is 2.29. The van der Waals surface area contributed by atoms with Crippen LogP contribution in [0.4, 0.5) is 4.39 Å². The molecule has 0 saturated carbocycles. The molecule has 3 atom stereocenters. The van der Waals surface area contributed by atoms with Gasteiger partial charge in [-0.25, -0.2) is 19.0 Å². The molecule has 2 unspecified atom stereocenters. The third-order valence-electron chi connectivity index (χ3n) is 7.58. The summed E-state index contributed by atoms with van der Waals surface area (Å²) in [6.45, 7) is 5.13. The summed E-state index contributed by atoms with van der Waals surface area (Å²) in [6.07, 6.45) is -1.15. The maximum Gasteiger partial charge on any atom is 0.335 e. The zero-order chi connectivity index (χ0) is 29.8. The summed E-state index contributed by atoms with van der Waals surface area (Å²) >= 11 is 0. The Kier molecular flexibility index (Phi) is 9.48. The van der Waals surface area contributed by atoms with Crippen LogP contribution in [0.3, 0.4) is 0 Å². The fourth-order valence-corrected chi connectivity index (χ4v) is 5.25. The summed E-state index contributed by atoms with van der Waals surface area (Å²) in [5.41, 5.74) is 2.90. The summed E-state index contributed by atoms with van der Waals surface area (Å²) in [5.74, 6) is -3.05. The summed E-state index contributed by atoms with van der Waals surface area (Å²) < 4.78 is 20.4. The van der Waals surface area contributed by atoms with E-state index in [0.717, 1.165) is 61.2 Å². The van der Waals surface area contributed by atoms with Crippen LogP contribution < -0.4 is 5.56 Å². The van der Waals surface area contributed by atoms with Gasteiger partial charge in [0.1, 0.15) is 17.7 Å². The van der Waals surface area contributed by atoms with E-state index in [9.17, 15) is 23.9 Å². The first-order chi connectivity index (χ1) is 19.5. The van der Waals surface area contributed by atoms with E-state index in [0.29, 0.717) is 36.7 Å². The number of piperidine rings is 1. The lowest BCUT2D eigenvalue weighted by molar-refractivity contribution is -0.165. The highest BCUT2D eigenvalue weighted by molar-refractivity contribution is 5.83. The zero-order valence-electron chi connectivity index (χ0n) is 22.4. The number of aromatic nitrogens is 3. The topological polar surface area (TPSA) is 199 Å². The first-order valence-corrected chi connectivity index (χ1v) is 13.3. The fraction of sp³-hybridized carbons (Fsp3) is 0.519. The van der Waals surface area contributed by atoms with Gasteiger partial charge in [-0.05, 0) is 64.3 Å². The predicted molar refractivity (Wildman–Crippen MR) is 141 cm³/mol. The van der Waals surface area contributed by atoms with Crippen LogP contribution in [0.2, 0.25) is 0 Å². The van der Waals surface area contributed by atoms with Gasteiger partial charge < -0.3 is 35.0 Å². The number of carboxylic acids is 2. The zero-order valence-corrected chi connectivity index (χ0v) is 22.4. The molecule has 2 aromatic heterocycles. The van der Waals surface area contributed by atoms with Gasteiger partial charge in [0, 0.05) is 41.7 Å². The smallest absolute Gasteiger partial charge is 0.335 e. The molecule has 2 aliphatic rings. The lowest BCUT2D eigenvalue weighted by Crippen LogP contribution is -2.39. The van der Waals surface area contributed by atoms with Crippen LogP contribution in [0, 0.1) is 12.7 Å². The number of benzene rings is 1. The molecule has 13 nitrogen and oxygen atoms in total. The van der Waals surface area contributed by atoms with E-state index in [1.165, 1.54) is 12.1 Å². The molecule has 14 heteroatoms. The number of likely N-dealkylation sites (tertiary alicyclic amines) is 1. The van der Waals surface area contributed by atoms with Crippen LogP contribution in [-0.2, 0) is 22.6 Å². The van der Waals surface area contributed by atoms with Crippen molar-refractivity contribution < 1.29 is 44.0 Å². The molecule has 1 aromatic carbocycles. The molecular weight excluding hydrogens is 543 g/mol. The molecule has 4 heterocycles. The van der Waals surface area contributed by atoms with Crippen molar-refractivity contribution in [1.82, 2.24) is 19.6 Å². The van der Waals surface area contributed by atoms with Crippen molar-refractivity contribution in [2.75, 3.05) is 19.6 Å². The highest BCUT2D eigenvalue weighted by Crippen LogP contribution is 2.33. The molecule has 0 bridgehead atoms. The van der Waals surface area contributed by atoms with Crippen molar-refractivity contribution in [2.45, 2.75) is 69.8 Å². The normalized spacial score (nSPS) is 19.2. The van der Waals surface area contributed by atoms with Gasteiger partial charge in [0.2, 0.25) is 0 Å². The van der Waals surface area contributed by atoms with Crippen molar-refractivity contribution in [1.29, 1.82) is 0 Å². The number of halogens is 1. The monoisotopic (exact) mass is 576 g/mol. The lowest BCUT2D eigenvalue weighted by atomic mass is 9.91. The van der Waals surface area contributed by atoms with E-state index in [1.807, 2.05) is 6.92 Å². The Morgan fingerprint density at radius 1 is 1.10 bits per heavy atom. The van der Waals surface area contributed by atoms with Crippen LogP contribution in [-0.4, -0.2) is 88.9 Å². The molecule has 0 aliphatic carbocycles. The third kappa shape index (κ3) is 6.78. The summed E-state index contributed by atoms with van der Waals surface area (Å²) in [4.78, 5) is 39.4. The minimum absolute atomic E-state index is 0.00237. The minimum atomic E-state index is -2.27. The van der Waals surface area contributed by atoms with E-state index >= 15 is 0 Å². The number of hydrogen-bond acceptors (Lipinski definition) is 10. The Morgan fingerprint density at radius 3 is 2.39 bits per heavy atom. The predicted octanol–water partition coefficient (Wildman–Crippen LogP) is 0.959. The molecule has 1 fully saturated rings. The quantitative estimate of drug-likeness (QED) is 0.267. The number of nitrogens with zero attached hydrogens (tertiary/aromatic N) is 4. The van der Waals surface area contributed by atoms with Crippen molar-refractivity contribution in [2.24, 2.45) is 0 Å². The van der Waals surface area contributed by atoms with Gasteiger partial charge in [-0.3, -0.25) is 9.36 Å². The van der Waals surface area contributed by atoms with Crippen molar-refractivity contribution in [3.8, 4) is 0 Å². The van der Waals surface area contributed by atoms with Crippen LogP contribution >= 0.6 is 0 Å². The SMILES string of the molecule is Cc1nc2n(c(=O)c1CCN1CCC(c3noc4cc(F)ccc34)CC1)CCC[C@H]2O.O=C(O)C(O)C(O)C(=O)O. The van der Waals surface area contributed by atoms with Crippen molar-refractivity contribution in [3.63, 3.8) is 0 Å². The number of rotatable bonds is 7. The maximum atomic E-state index is 13.4. The molecule has 41 heavy (non-hydrogen) atoms. The largest absolute Gasteiger partial charge is 0.479 e. The number of aliphatic carboxylic acids is 2. The van der Waals surface area contributed by atoms with Crippen molar-refractivity contribution in [3.05, 3.63) is 57.1 Å². The molecule has 5 N–H and O–H groups in total. The Balaban J connectivity index is 0.000000334. The van der Waals surface area contributed by atoms with E-state index in [1.54, 1.807) is 10.6 Å². The van der Waals surface area contributed by atoms with E-state index < -0.39 is 30.3 Å². The second-order valence-corrected chi connectivity index (χ2v) is 10.3. The van der Waals surface area contributed by atoms with Crippen molar-refractivity contribution >= 4 is 22.9 Å². The number of aliphatic hydroxyl groups is 3. The van der Waals surface area contributed by atoms with Gasteiger partial charge in [-0.15, -0.1) is 0 Å². The summed E-state index contributed by atoms with van der Waals surface area (Å²) in [6, 6.07) is 4.58.